The molecule has 0 radical (unpaired) electrons. The zero-order chi connectivity index (χ0) is 13.5. The second-order valence-corrected chi connectivity index (χ2v) is 5.28. The molecule has 18 heavy (non-hydrogen) atoms. The number of carbonyl (C=O) groups is 1. The Kier molecular flexibility index (Phi) is 6.60. The number of piperidine rings is 1. The number of rotatable bonds is 7. The van der Waals surface area contributed by atoms with Gasteiger partial charge >= 0.3 is 5.97 Å². The van der Waals surface area contributed by atoms with Crippen molar-refractivity contribution in [2.24, 2.45) is 0 Å². The Balaban J connectivity index is 2.34. The third-order valence-corrected chi connectivity index (χ3v) is 3.74. The highest BCUT2D eigenvalue weighted by Crippen LogP contribution is 2.13. The molecule has 0 aliphatic carbocycles. The summed E-state index contributed by atoms with van der Waals surface area (Å²) in [6, 6.07) is 0.151. The van der Waals surface area contributed by atoms with Crippen molar-refractivity contribution in [2.45, 2.75) is 38.3 Å². The summed E-state index contributed by atoms with van der Waals surface area (Å²) >= 11 is 0. The van der Waals surface area contributed by atoms with Gasteiger partial charge in [0.2, 0.25) is 0 Å². The van der Waals surface area contributed by atoms with Crippen LogP contribution in [0.4, 0.5) is 0 Å². The fraction of sp³-hybridized carbons (Fsp3) is 0.923. The molecule has 1 aliphatic heterocycles. The van der Waals surface area contributed by atoms with Gasteiger partial charge in [-0.05, 0) is 46.4 Å². The van der Waals surface area contributed by atoms with Gasteiger partial charge < -0.3 is 20.2 Å². The summed E-state index contributed by atoms with van der Waals surface area (Å²) in [5, 5.41) is 12.1. The first-order chi connectivity index (χ1) is 8.54. The van der Waals surface area contributed by atoms with Gasteiger partial charge in [-0.1, -0.05) is 6.92 Å². The standard InChI is InChI=1S/C13H27N3O2/c1-4-14-12(13(17)18)7-9-16(3)11-6-5-8-15(2)10-11/h11-12,14H,4-10H2,1-3H3,(H,17,18). The summed E-state index contributed by atoms with van der Waals surface area (Å²) in [5.41, 5.74) is 0. The Labute approximate surface area is 110 Å². The largest absolute Gasteiger partial charge is 0.480 e. The van der Waals surface area contributed by atoms with E-state index in [1.54, 1.807) is 0 Å². The molecule has 1 fully saturated rings. The Hall–Kier alpha value is -0.650. The molecule has 1 rings (SSSR count). The van der Waals surface area contributed by atoms with Crippen molar-refractivity contribution in [3.05, 3.63) is 0 Å². The number of carboxylic acid groups (broad SMARTS) is 1. The minimum atomic E-state index is -0.744. The molecular formula is C13H27N3O2. The van der Waals surface area contributed by atoms with Crippen molar-refractivity contribution in [1.29, 1.82) is 0 Å². The monoisotopic (exact) mass is 257 g/mol. The summed E-state index contributed by atoms with van der Waals surface area (Å²) in [7, 11) is 4.26. The predicted molar refractivity (Wildman–Crippen MR) is 72.9 cm³/mol. The summed E-state index contributed by atoms with van der Waals surface area (Å²) in [4.78, 5) is 15.7. The normalized spacial score (nSPS) is 23.2. The van der Waals surface area contributed by atoms with Crippen molar-refractivity contribution >= 4 is 5.97 Å². The molecule has 106 valence electrons. The molecule has 0 amide bonds. The lowest BCUT2D eigenvalue weighted by Gasteiger charge is -2.36. The van der Waals surface area contributed by atoms with Crippen molar-refractivity contribution in [3.8, 4) is 0 Å². The maximum atomic E-state index is 11.0. The first kappa shape index (κ1) is 15.4. The van der Waals surface area contributed by atoms with Crippen LogP contribution < -0.4 is 5.32 Å². The molecule has 0 aromatic carbocycles. The van der Waals surface area contributed by atoms with Crippen LogP contribution in [-0.4, -0.2) is 73.2 Å². The van der Waals surface area contributed by atoms with Gasteiger partial charge in [0.25, 0.3) is 0 Å². The van der Waals surface area contributed by atoms with Crippen molar-refractivity contribution in [3.63, 3.8) is 0 Å². The van der Waals surface area contributed by atoms with E-state index in [4.69, 9.17) is 5.11 Å². The highest BCUT2D eigenvalue weighted by molar-refractivity contribution is 5.73. The molecule has 5 heteroatoms. The summed E-state index contributed by atoms with van der Waals surface area (Å²) in [6.07, 6.45) is 3.13. The number of hydrogen-bond acceptors (Lipinski definition) is 4. The number of hydrogen-bond donors (Lipinski definition) is 2. The molecule has 0 spiro atoms. The van der Waals surface area contributed by atoms with Gasteiger partial charge in [0.05, 0.1) is 0 Å². The van der Waals surface area contributed by atoms with E-state index < -0.39 is 12.0 Å². The van der Waals surface area contributed by atoms with E-state index in [9.17, 15) is 4.79 Å². The molecular weight excluding hydrogens is 230 g/mol. The molecule has 1 aliphatic rings. The van der Waals surface area contributed by atoms with E-state index in [1.165, 1.54) is 19.4 Å². The number of carboxylic acids is 1. The minimum absolute atomic E-state index is 0.418. The first-order valence-electron chi connectivity index (χ1n) is 6.89. The molecule has 1 saturated heterocycles. The molecule has 2 unspecified atom stereocenters. The van der Waals surface area contributed by atoms with Crippen molar-refractivity contribution < 1.29 is 9.90 Å². The fourth-order valence-corrected chi connectivity index (χ4v) is 2.57. The van der Waals surface area contributed by atoms with E-state index in [0.717, 1.165) is 13.1 Å². The van der Waals surface area contributed by atoms with Crippen LogP contribution in [-0.2, 0) is 4.79 Å². The lowest BCUT2D eigenvalue weighted by Crippen LogP contribution is -2.47. The molecule has 1 heterocycles. The number of aliphatic carboxylic acids is 1. The van der Waals surface area contributed by atoms with Gasteiger partial charge in [-0.3, -0.25) is 4.79 Å². The molecule has 0 aromatic rings. The van der Waals surface area contributed by atoms with E-state index in [0.29, 0.717) is 19.0 Å². The smallest absolute Gasteiger partial charge is 0.320 e. The van der Waals surface area contributed by atoms with Gasteiger partial charge in [-0.25, -0.2) is 0 Å². The van der Waals surface area contributed by atoms with Crippen LogP contribution in [0.25, 0.3) is 0 Å². The van der Waals surface area contributed by atoms with E-state index in [2.05, 4.69) is 29.2 Å². The molecule has 0 aromatic heterocycles. The predicted octanol–water partition coefficient (Wildman–Crippen LogP) is 0.465. The quantitative estimate of drug-likeness (QED) is 0.694. The van der Waals surface area contributed by atoms with E-state index in [-0.39, 0.29) is 0 Å². The van der Waals surface area contributed by atoms with Crippen LogP contribution in [0.1, 0.15) is 26.2 Å². The van der Waals surface area contributed by atoms with Crippen LogP contribution in [0.2, 0.25) is 0 Å². The van der Waals surface area contributed by atoms with Gasteiger partial charge in [-0.15, -0.1) is 0 Å². The minimum Gasteiger partial charge on any atom is -0.480 e. The summed E-state index contributed by atoms with van der Waals surface area (Å²) < 4.78 is 0. The highest BCUT2D eigenvalue weighted by atomic mass is 16.4. The SMILES string of the molecule is CCNC(CCN(C)C1CCCN(C)C1)C(=O)O. The zero-order valence-electron chi connectivity index (χ0n) is 11.9. The number of likely N-dealkylation sites (tertiary alicyclic amines) is 1. The van der Waals surface area contributed by atoms with Crippen molar-refractivity contribution in [1.82, 2.24) is 15.1 Å². The van der Waals surface area contributed by atoms with Crippen LogP contribution in [0.15, 0.2) is 0 Å². The Bertz CT molecular complexity index is 261. The topological polar surface area (TPSA) is 55.8 Å². The Morgan fingerprint density at radius 1 is 1.61 bits per heavy atom. The number of likely N-dealkylation sites (N-methyl/N-ethyl adjacent to an activating group) is 3. The Morgan fingerprint density at radius 2 is 2.33 bits per heavy atom. The molecule has 0 bridgehead atoms. The lowest BCUT2D eigenvalue weighted by molar-refractivity contribution is -0.139. The molecule has 5 nitrogen and oxygen atoms in total. The third kappa shape index (κ3) is 4.92. The zero-order valence-corrected chi connectivity index (χ0v) is 11.9. The summed E-state index contributed by atoms with van der Waals surface area (Å²) in [6.45, 7) is 5.75. The van der Waals surface area contributed by atoms with Crippen molar-refractivity contribution in [2.75, 3.05) is 40.3 Å². The molecule has 0 saturated carbocycles. The van der Waals surface area contributed by atoms with Gasteiger partial charge in [-0.2, -0.15) is 0 Å². The van der Waals surface area contributed by atoms with Crippen LogP contribution in [0.3, 0.4) is 0 Å². The fourth-order valence-electron chi connectivity index (χ4n) is 2.57. The van der Waals surface area contributed by atoms with Gasteiger partial charge in [0, 0.05) is 19.1 Å². The van der Waals surface area contributed by atoms with Crippen LogP contribution >= 0.6 is 0 Å². The second kappa shape index (κ2) is 7.71. The first-order valence-corrected chi connectivity index (χ1v) is 6.89. The maximum absolute atomic E-state index is 11.0. The van der Waals surface area contributed by atoms with Gasteiger partial charge in [0.1, 0.15) is 6.04 Å². The number of nitrogens with one attached hydrogen (secondary N) is 1. The molecule has 2 N–H and O–H groups in total. The molecule has 2 atom stereocenters. The second-order valence-electron chi connectivity index (χ2n) is 5.28. The summed E-state index contributed by atoms with van der Waals surface area (Å²) in [5.74, 6) is -0.744. The van der Waals surface area contributed by atoms with Crippen LogP contribution in [0.5, 0.6) is 0 Å². The van der Waals surface area contributed by atoms with E-state index >= 15 is 0 Å². The van der Waals surface area contributed by atoms with Crippen LogP contribution in [0, 0.1) is 0 Å². The maximum Gasteiger partial charge on any atom is 0.320 e. The Morgan fingerprint density at radius 3 is 2.89 bits per heavy atom. The average Bonchev–Trinajstić information content (AvgIpc) is 2.33. The highest BCUT2D eigenvalue weighted by Gasteiger charge is 2.23. The average molecular weight is 257 g/mol. The third-order valence-electron chi connectivity index (χ3n) is 3.74. The number of nitrogens with zero attached hydrogens (tertiary/aromatic N) is 2. The lowest BCUT2D eigenvalue weighted by atomic mass is 10.0. The van der Waals surface area contributed by atoms with E-state index in [1.807, 2.05) is 6.92 Å². The van der Waals surface area contributed by atoms with Gasteiger partial charge in [0.15, 0.2) is 0 Å².